The number of imidazole rings is 1. The molecule has 27 heavy (non-hydrogen) atoms. The molecule has 0 saturated carbocycles. The van der Waals surface area contributed by atoms with E-state index in [0.29, 0.717) is 16.9 Å². The monoisotopic (exact) mass is 377 g/mol. The van der Waals surface area contributed by atoms with Gasteiger partial charge in [-0.1, -0.05) is 54.1 Å². The Hall–Kier alpha value is -3.18. The molecule has 4 nitrogen and oxygen atoms in total. The summed E-state index contributed by atoms with van der Waals surface area (Å²) in [6.07, 6.45) is 0. The minimum atomic E-state index is -0.503. The van der Waals surface area contributed by atoms with Gasteiger partial charge in [0.1, 0.15) is 11.6 Å². The molecule has 1 amide bonds. The molecule has 3 N–H and O–H groups in total. The highest BCUT2D eigenvalue weighted by Gasteiger charge is 2.34. The Kier molecular flexibility index (Phi) is 3.36. The van der Waals surface area contributed by atoms with Crippen LogP contribution in [0.3, 0.4) is 0 Å². The Balaban J connectivity index is 1.79. The lowest BCUT2D eigenvalue weighted by Crippen LogP contribution is -2.20. The summed E-state index contributed by atoms with van der Waals surface area (Å²) >= 11 is 5.88. The molecule has 1 heterocycles. The van der Waals surface area contributed by atoms with Gasteiger partial charge in [0.05, 0.1) is 22.0 Å². The van der Waals surface area contributed by atoms with Crippen LogP contribution >= 0.6 is 11.6 Å². The Morgan fingerprint density at radius 1 is 1.07 bits per heavy atom. The number of amides is 1. The molecule has 0 unspecified atom stereocenters. The number of nitrogens with zero attached hydrogens (tertiary/aromatic N) is 1. The summed E-state index contributed by atoms with van der Waals surface area (Å²) in [5.41, 5.74) is 11.3. The second kappa shape index (κ2) is 5.66. The van der Waals surface area contributed by atoms with Crippen molar-refractivity contribution in [2.75, 3.05) is 0 Å². The average molecular weight is 378 g/mol. The van der Waals surface area contributed by atoms with Gasteiger partial charge >= 0.3 is 0 Å². The van der Waals surface area contributed by atoms with Crippen LogP contribution in [0.15, 0.2) is 54.6 Å². The van der Waals surface area contributed by atoms with E-state index in [2.05, 4.69) is 9.97 Å². The van der Waals surface area contributed by atoms with Crippen LogP contribution in [0.25, 0.3) is 33.5 Å². The summed E-state index contributed by atoms with van der Waals surface area (Å²) in [5, 5.41) is 0.0259. The second-order valence-electron chi connectivity index (χ2n) is 6.56. The molecule has 0 spiro atoms. The number of nitrogens with one attached hydrogen (secondary N) is 1. The van der Waals surface area contributed by atoms with Crippen LogP contribution in [0.4, 0.5) is 4.39 Å². The van der Waals surface area contributed by atoms with E-state index in [4.69, 9.17) is 17.3 Å². The summed E-state index contributed by atoms with van der Waals surface area (Å²) in [4.78, 5) is 19.9. The van der Waals surface area contributed by atoms with Crippen molar-refractivity contribution in [2.24, 2.45) is 5.73 Å². The Bertz CT molecular complexity index is 1210. The maximum absolute atomic E-state index is 13.8. The molecule has 1 aliphatic carbocycles. The van der Waals surface area contributed by atoms with Crippen LogP contribution in [-0.2, 0) is 4.79 Å². The smallest absolute Gasteiger partial charge is 0.229 e. The standard InChI is InChI=1S/C21H13ClFN3O/c22-14-8-16-17(9-15(14)23)26-21(25-16)13-7-3-6-12-18(13)10-4-1-2-5-11(10)19(12)20(24)27/h1-9,19H,(H2,24,27)(H,25,26)/t19-/m1/s1. The van der Waals surface area contributed by atoms with Gasteiger partial charge < -0.3 is 10.7 Å². The normalized spacial score (nSPS) is 15.0. The van der Waals surface area contributed by atoms with Crippen LogP contribution in [0, 0.1) is 5.82 Å². The van der Waals surface area contributed by atoms with Gasteiger partial charge in [-0.2, -0.15) is 0 Å². The largest absolute Gasteiger partial charge is 0.369 e. The third-order valence-corrected chi connectivity index (χ3v) is 5.30. The molecule has 1 atom stereocenters. The lowest BCUT2D eigenvalue weighted by atomic mass is 9.95. The number of aromatic nitrogens is 2. The van der Waals surface area contributed by atoms with Crippen LogP contribution in [0.2, 0.25) is 5.02 Å². The molecule has 5 rings (SSSR count). The van der Waals surface area contributed by atoms with E-state index in [-0.39, 0.29) is 5.02 Å². The van der Waals surface area contributed by atoms with Crippen molar-refractivity contribution in [3.8, 4) is 22.5 Å². The first kappa shape index (κ1) is 16.0. The lowest BCUT2D eigenvalue weighted by Gasteiger charge is -2.09. The van der Waals surface area contributed by atoms with E-state index in [1.165, 1.54) is 12.1 Å². The van der Waals surface area contributed by atoms with Crippen molar-refractivity contribution in [3.05, 3.63) is 76.6 Å². The van der Waals surface area contributed by atoms with Crippen molar-refractivity contribution in [3.63, 3.8) is 0 Å². The third kappa shape index (κ3) is 2.28. The number of fused-ring (bicyclic) bond motifs is 4. The highest BCUT2D eigenvalue weighted by atomic mass is 35.5. The predicted molar refractivity (Wildman–Crippen MR) is 103 cm³/mol. The minimum Gasteiger partial charge on any atom is -0.369 e. The van der Waals surface area contributed by atoms with Gasteiger partial charge in [0.25, 0.3) is 0 Å². The van der Waals surface area contributed by atoms with Gasteiger partial charge in [-0.25, -0.2) is 9.37 Å². The van der Waals surface area contributed by atoms with Gasteiger partial charge in [-0.15, -0.1) is 0 Å². The molecule has 0 saturated heterocycles. The molecule has 0 radical (unpaired) electrons. The van der Waals surface area contributed by atoms with Crippen LogP contribution in [0.5, 0.6) is 0 Å². The number of rotatable bonds is 2. The van der Waals surface area contributed by atoms with E-state index >= 15 is 0 Å². The van der Waals surface area contributed by atoms with E-state index in [1.807, 2.05) is 42.5 Å². The van der Waals surface area contributed by atoms with E-state index in [1.54, 1.807) is 0 Å². The maximum Gasteiger partial charge on any atom is 0.229 e. The number of carbonyl (C=O) groups is 1. The Labute approximate surface area is 158 Å². The number of nitrogens with two attached hydrogens (primary N) is 1. The van der Waals surface area contributed by atoms with Crippen molar-refractivity contribution in [1.82, 2.24) is 9.97 Å². The maximum atomic E-state index is 13.8. The van der Waals surface area contributed by atoms with Gasteiger partial charge in [-0.3, -0.25) is 4.79 Å². The zero-order valence-electron chi connectivity index (χ0n) is 14.0. The van der Waals surface area contributed by atoms with Crippen LogP contribution in [0.1, 0.15) is 17.0 Å². The van der Waals surface area contributed by atoms with Crippen molar-refractivity contribution < 1.29 is 9.18 Å². The average Bonchev–Trinajstić information content (AvgIpc) is 3.20. The van der Waals surface area contributed by atoms with E-state index in [0.717, 1.165) is 27.8 Å². The molecule has 132 valence electrons. The molecule has 1 aliphatic rings. The van der Waals surface area contributed by atoms with Gasteiger partial charge in [0.2, 0.25) is 5.91 Å². The van der Waals surface area contributed by atoms with Crippen molar-refractivity contribution in [2.45, 2.75) is 5.92 Å². The van der Waals surface area contributed by atoms with Gasteiger partial charge in [0.15, 0.2) is 0 Å². The summed E-state index contributed by atoms with van der Waals surface area (Å²) in [5.74, 6) is -0.801. The van der Waals surface area contributed by atoms with Crippen LogP contribution < -0.4 is 5.73 Å². The highest BCUT2D eigenvalue weighted by molar-refractivity contribution is 6.31. The summed E-state index contributed by atoms with van der Waals surface area (Å²) in [6.45, 7) is 0. The summed E-state index contributed by atoms with van der Waals surface area (Å²) < 4.78 is 13.8. The number of hydrogen-bond donors (Lipinski definition) is 2. The lowest BCUT2D eigenvalue weighted by molar-refractivity contribution is -0.118. The highest BCUT2D eigenvalue weighted by Crippen LogP contribution is 2.48. The zero-order valence-corrected chi connectivity index (χ0v) is 14.7. The fourth-order valence-corrected chi connectivity index (χ4v) is 4.05. The molecule has 0 aliphatic heterocycles. The second-order valence-corrected chi connectivity index (χ2v) is 6.97. The van der Waals surface area contributed by atoms with Gasteiger partial charge in [0, 0.05) is 11.6 Å². The SMILES string of the molecule is NC(=O)[C@@H]1c2ccccc2-c2c(-c3nc4cc(Cl)c(F)cc4[nH]3)cccc21. The Morgan fingerprint density at radius 2 is 1.81 bits per heavy atom. The summed E-state index contributed by atoms with van der Waals surface area (Å²) in [6, 6.07) is 16.2. The molecule has 0 fully saturated rings. The summed E-state index contributed by atoms with van der Waals surface area (Å²) in [7, 11) is 0. The van der Waals surface area contributed by atoms with Crippen LogP contribution in [-0.4, -0.2) is 15.9 Å². The van der Waals surface area contributed by atoms with Crippen molar-refractivity contribution >= 4 is 28.5 Å². The first-order valence-corrected chi connectivity index (χ1v) is 8.79. The number of halogens is 2. The molecular formula is C21H13ClFN3O. The predicted octanol–water partition coefficient (Wildman–Crippen LogP) is 4.62. The Morgan fingerprint density at radius 3 is 2.63 bits per heavy atom. The first-order chi connectivity index (χ1) is 13.0. The molecule has 6 heteroatoms. The number of carbonyl (C=O) groups excluding carboxylic acids is 1. The number of H-pyrrole nitrogens is 1. The number of hydrogen-bond acceptors (Lipinski definition) is 2. The number of primary amides is 1. The van der Waals surface area contributed by atoms with Crippen molar-refractivity contribution in [1.29, 1.82) is 0 Å². The number of benzene rings is 3. The molecule has 0 bridgehead atoms. The molecule has 1 aromatic heterocycles. The van der Waals surface area contributed by atoms with Gasteiger partial charge in [-0.05, 0) is 28.3 Å². The molecule has 3 aromatic carbocycles. The van der Waals surface area contributed by atoms with E-state index < -0.39 is 17.6 Å². The topological polar surface area (TPSA) is 71.8 Å². The molecule has 4 aromatic rings. The first-order valence-electron chi connectivity index (χ1n) is 8.41. The zero-order chi connectivity index (χ0) is 18.7. The quantitative estimate of drug-likeness (QED) is 0.535. The fraction of sp³-hybridized carbons (Fsp3) is 0.0476. The van der Waals surface area contributed by atoms with E-state index in [9.17, 15) is 9.18 Å². The minimum absolute atomic E-state index is 0.0259. The number of aromatic amines is 1. The molecular weight excluding hydrogens is 365 g/mol. The fourth-order valence-electron chi connectivity index (χ4n) is 3.89. The third-order valence-electron chi connectivity index (χ3n) is 5.01.